The van der Waals surface area contributed by atoms with Crippen molar-refractivity contribution in [2.24, 2.45) is 5.92 Å². The van der Waals surface area contributed by atoms with Crippen molar-refractivity contribution >= 4 is 27.3 Å². The van der Waals surface area contributed by atoms with E-state index in [4.69, 9.17) is 11.6 Å². The SMILES string of the molecule is C[C@@H](NC(=O)C1CCN(Cc2c(F)cccc2Cl)CC1)c1ccc(S(C)(=O)=O)cc1. The molecule has 1 heterocycles. The first-order chi connectivity index (χ1) is 14.1. The lowest BCUT2D eigenvalue weighted by Crippen LogP contribution is -2.41. The number of halogens is 2. The Hall–Kier alpha value is -1.96. The zero-order chi connectivity index (χ0) is 21.9. The summed E-state index contributed by atoms with van der Waals surface area (Å²) < 4.78 is 37.1. The number of carbonyl (C=O) groups is 1. The van der Waals surface area contributed by atoms with Crippen LogP contribution in [0.5, 0.6) is 0 Å². The van der Waals surface area contributed by atoms with Crippen LogP contribution in [0.15, 0.2) is 47.4 Å². The van der Waals surface area contributed by atoms with Crippen molar-refractivity contribution in [2.45, 2.75) is 37.2 Å². The fourth-order valence-corrected chi connectivity index (χ4v) is 4.53. The first kappa shape index (κ1) is 22.7. The molecule has 1 saturated heterocycles. The summed E-state index contributed by atoms with van der Waals surface area (Å²) >= 11 is 6.11. The number of hydrogen-bond acceptors (Lipinski definition) is 4. The zero-order valence-electron chi connectivity index (χ0n) is 17.1. The van der Waals surface area contributed by atoms with Crippen LogP contribution < -0.4 is 5.32 Å². The third kappa shape index (κ3) is 5.59. The number of hydrogen-bond donors (Lipinski definition) is 1. The average molecular weight is 453 g/mol. The maximum absolute atomic E-state index is 14.0. The molecule has 0 bridgehead atoms. The molecule has 0 spiro atoms. The molecule has 5 nitrogen and oxygen atoms in total. The molecule has 30 heavy (non-hydrogen) atoms. The van der Waals surface area contributed by atoms with Gasteiger partial charge in [-0.25, -0.2) is 12.8 Å². The highest BCUT2D eigenvalue weighted by atomic mass is 35.5. The van der Waals surface area contributed by atoms with E-state index in [2.05, 4.69) is 10.2 Å². The van der Waals surface area contributed by atoms with E-state index in [9.17, 15) is 17.6 Å². The van der Waals surface area contributed by atoms with Crippen molar-refractivity contribution in [3.05, 3.63) is 64.4 Å². The molecule has 1 aliphatic heterocycles. The van der Waals surface area contributed by atoms with E-state index in [1.54, 1.807) is 36.4 Å². The summed E-state index contributed by atoms with van der Waals surface area (Å²) in [7, 11) is -3.24. The molecule has 2 aromatic carbocycles. The number of piperidine rings is 1. The van der Waals surface area contributed by atoms with Gasteiger partial charge in [0.15, 0.2) is 9.84 Å². The molecule has 3 rings (SSSR count). The number of nitrogens with zero attached hydrogens (tertiary/aromatic N) is 1. The van der Waals surface area contributed by atoms with Crippen LogP contribution in [0, 0.1) is 11.7 Å². The average Bonchev–Trinajstić information content (AvgIpc) is 2.70. The molecule has 1 atom stereocenters. The second-order valence-electron chi connectivity index (χ2n) is 7.82. The van der Waals surface area contributed by atoms with Gasteiger partial charge in [-0.2, -0.15) is 0 Å². The molecule has 2 aromatic rings. The molecule has 1 aliphatic rings. The van der Waals surface area contributed by atoms with E-state index in [1.807, 2.05) is 6.92 Å². The minimum absolute atomic E-state index is 0.0155. The Balaban J connectivity index is 1.52. The van der Waals surface area contributed by atoms with Gasteiger partial charge < -0.3 is 5.32 Å². The summed E-state index contributed by atoms with van der Waals surface area (Å²) in [5, 5.41) is 3.44. The number of benzene rings is 2. The van der Waals surface area contributed by atoms with Gasteiger partial charge in [-0.05, 0) is 62.7 Å². The number of nitrogens with one attached hydrogen (secondary N) is 1. The number of amides is 1. The Labute approximate surface area is 182 Å². The Morgan fingerprint density at radius 1 is 1.20 bits per heavy atom. The molecule has 0 saturated carbocycles. The summed E-state index contributed by atoms with van der Waals surface area (Å²) in [5.41, 5.74) is 1.34. The standard InChI is InChI=1S/C22H26ClFN2O3S/c1-15(16-6-8-18(9-7-16)30(2,28)29)25-22(27)17-10-12-26(13-11-17)14-19-20(23)4-3-5-21(19)24/h3-9,15,17H,10-14H2,1-2H3,(H,25,27)/t15-/m1/s1. The maximum atomic E-state index is 14.0. The fraction of sp³-hybridized carbons (Fsp3) is 0.409. The molecule has 0 aliphatic carbocycles. The monoisotopic (exact) mass is 452 g/mol. The molecular weight excluding hydrogens is 427 g/mol. The minimum Gasteiger partial charge on any atom is -0.349 e. The first-order valence-electron chi connectivity index (χ1n) is 9.91. The van der Waals surface area contributed by atoms with Gasteiger partial charge in [0.2, 0.25) is 5.91 Å². The molecule has 0 radical (unpaired) electrons. The van der Waals surface area contributed by atoms with E-state index < -0.39 is 9.84 Å². The topological polar surface area (TPSA) is 66.5 Å². The number of sulfone groups is 1. The highest BCUT2D eigenvalue weighted by Gasteiger charge is 2.26. The van der Waals surface area contributed by atoms with Gasteiger partial charge in [0, 0.05) is 29.3 Å². The molecule has 0 unspecified atom stereocenters. The number of carbonyl (C=O) groups excluding carboxylic acids is 1. The van der Waals surface area contributed by atoms with Gasteiger partial charge in [-0.15, -0.1) is 0 Å². The summed E-state index contributed by atoms with van der Waals surface area (Å²) in [6, 6.07) is 11.0. The zero-order valence-corrected chi connectivity index (χ0v) is 18.6. The Morgan fingerprint density at radius 3 is 2.40 bits per heavy atom. The first-order valence-corrected chi connectivity index (χ1v) is 12.2. The lowest BCUT2D eigenvalue weighted by Gasteiger charge is -2.32. The third-order valence-electron chi connectivity index (χ3n) is 5.57. The highest BCUT2D eigenvalue weighted by molar-refractivity contribution is 7.90. The van der Waals surface area contributed by atoms with Crippen molar-refractivity contribution in [3.63, 3.8) is 0 Å². The predicted molar refractivity (Wildman–Crippen MR) is 116 cm³/mol. The van der Waals surface area contributed by atoms with Crippen LogP contribution in [0.2, 0.25) is 5.02 Å². The Bertz CT molecular complexity index is 983. The van der Waals surface area contributed by atoms with Crippen LogP contribution in [-0.4, -0.2) is 38.6 Å². The number of rotatable bonds is 6. The van der Waals surface area contributed by atoms with E-state index in [1.165, 1.54) is 12.3 Å². The summed E-state index contributed by atoms with van der Waals surface area (Å²) in [4.78, 5) is 15.0. The Morgan fingerprint density at radius 2 is 1.83 bits per heavy atom. The van der Waals surface area contributed by atoms with E-state index >= 15 is 0 Å². The summed E-state index contributed by atoms with van der Waals surface area (Å²) in [6.07, 6.45) is 2.55. The van der Waals surface area contributed by atoms with E-state index in [-0.39, 0.29) is 28.6 Å². The highest BCUT2D eigenvalue weighted by Crippen LogP contribution is 2.25. The van der Waals surface area contributed by atoms with Gasteiger partial charge >= 0.3 is 0 Å². The van der Waals surface area contributed by atoms with Crippen LogP contribution in [0.25, 0.3) is 0 Å². The van der Waals surface area contributed by atoms with Crippen molar-refractivity contribution in [2.75, 3.05) is 19.3 Å². The predicted octanol–water partition coefficient (Wildman–Crippen LogP) is 3.97. The molecule has 1 fully saturated rings. The maximum Gasteiger partial charge on any atom is 0.223 e. The van der Waals surface area contributed by atoms with E-state index in [0.29, 0.717) is 43.1 Å². The van der Waals surface area contributed by atoms with Crippen LogP contribution in [-0.2, 0) is 21.2 Å². The molecule has 0 aromatic heterocycles. The van der Waals surface area contributed by atoms with Gasteiger partial charge in [-0.3, -0.25) is 9.69 Å². The van der Waals surface area contributed by atoms with Crippen molar-refractivity contribution in [1.29, 1.82) is 0 Å². The van der Waals surface area contributed by atoms with Crippen LogP contribution in [0.3, 0.4) is 0 Å². The van der Waals surface area contributed by atoms with Gasteiger partial charge in [-0.1, -0.05) is 29.8 Å². The lowest BCUT2D eigenvalue weighted by molar-refractivity contribution is -0.127. The molecule has 1 N–H and O–H groups in total. The van der Waals surface area contributed by atoms with Crippen LogP contribution >= 0.6 is 11.6 Å². The summed E-state index contributed by atoms with van der Waals surface area (Å²) in [5.74, 6) is -0.425. The van der Waals surface area contributed by atoms with Gasteiger partial charge in [0.1, 0.15) is 5.82 Å². The van der Waals surface area contributed by atoms with Crippen molar-refractivity contribution in [1.82, 2.24) is 10.2 Å². The largest absolute Gasteiger partial charge is 0.349 e. The quantitative estimate of drug-likeness (QED) is 0.720. The smallest absolute Gasteiger partial charge is 0.223 e. The number of likely N-dealkylation sites (tertiary alicyclic amines) is 1. The van der Waals surface area contributed by atoms with Gasteiger partial charge in [0.25, 0.3) is 0 Å². The Kier molecular flexibility index (Phi) is 7.16. The van der Waals surface area contributed by atoms with Crippen LogP contribution in [0.4, 0.5) is 4.39 Å². The molecule has 162 valence electrons. The fourth-order valence-electron chi connectivity index (χ4n) is 3.68. The third-order valence-corrected chi connectivity index (χ3v) is 7.05. The minimum atomic E-state index is -3.24. The van der Waals surface area contributed by atoms with Crippen molar-refractivity contribution in [3.8, 4) is 0 Å². The molecular formula is C22H26ClFN2O3S. The van der Waals surface area contributed by atoms with E-state index in [0.717, 1.165) is 5.56 Å². The molecule has 8 heteroatoms. The second-order valence-corrected chi connectivity index (χ2v) is 10.2. The normalized spacial score (nSPS) is 16.9. The van der Waals surface area contributed by atoms with Crippen molar-refractivity contribution < 1.29 is 17.6 Å². The summed E-state index contributed by atoms with van der Waals surface area (Å²) in [6.45, 7) is 3.70. The van der Waals surface area contributed by atoms with Gasteiger partial charge in [0.05, 0.1) is 10.9 Å². The second kappa shape index (κ2) is 9.45. The lowest BCUT2D eigenvalue weighted by atomic mass is 9.94. The van der Waals surface area contributed by atoms with Crippen LogP contribution in [0.1, 0.15) is 36.9 Å². The molecule has 1 amide bonds.